The van der Waals surface area contributed by atoms with Crippen molar-refractivity contribution in [1.29, 1.82) is 0 Å². The van der Waals surface area contributed by atoms with Gasteiger partial charge in [-0.15, -0.1) is 0 Å². The number of imidazole rings is 1. The van der Waals surface area contributed by atoms with E-state index in [2.05, 4.69) is 40.4 Å². The van der Waals surface area contributed by atoms with Crippen LogP contribution in [-0.2, 0) is 36.3 Å². The zero-order valence-corrected chi connectivity index (χ0v) is 23.7. The fourth-order valence-electron chi connectivity index (χ4n) is 5.51. The number of ether oxygens (including phenoxy) is 1. The maximum absolute atomic E-state index is 13.4. The molecule has 1 aliphatic carbocycles. The normalized spacial score (nSPS) is 17.9. The lowest BCUT2D eigenvalue weighted by Gasteiger charge is -2.26. The van der Waals surface area contributed by atoms with Gasteiger partial charge in [0.2, 0.25) is 5.91 Å². The molecule has 1 saturated heterocycles. The molecule has 0 spiro atoms. The van der Waals surface area contributed by atoms with Gasteiger partial charge in [-0.1, -0.05) is 49.1 Å². The van der Waals surface area contributed by atoms with Gasteiger partial charge in [0.15, 0.2) is 0 Å². The van der Waals surface area contributed by atoms with E-state index >= 15 is 0 Å². The van der Waals surface area contributed by atoms with Crippen molar-refractivity contribution < 1.29 is 18.7 Å². The summed E-state index contributed by atoms with van der Waals surface area (Å²) in [6, 6.07) is 10.7. The molecule has 0 unspecified atom stereocenters. The predicted octanol–water partition coefficient (Wildman–Crippen LogP) is 5.81. The van der Waals surface area contributed by atoms with Gasteiger partial charge in [0.1, 0.15) is 17.5 Å². The zero-order chi connectivity index (χ0) is 28.2. The first-order valence-corrected chi connectivity index (χ1v) is 14.2. The van der Waals surface area contributed by atoms with Crippen LogP contribution in [0.25, 0.3) is 11.4 Å². The molecule has 3 amide bonds. The van der Waals surface area contributed by atoms with Crippen LogP contribution in [0.1, 0.15) is 55.2 Å². The second-order valence-corrected chi connectivity index (χ2v) is 11.1. The Morgan fingerprint density at radius 1 is 1.07 bits per heavy atom. The van der Waals surface area contributed by atoms with E-state index in [4.69, 9.17) is 16.3 Å². The van der Waals surface area contributed by atoms with Crippen LogP contribution in [0.5, 0.6) is 0 Å². The number of nitrogens with one attached hydrogen (secondary N) is 1. The largest absolute Gasteiger partial charge is 0.373 e. The van der Waals surface area contributed by atoms with Gasteiger partial charge in [0, 0.05) is 49.3 Å². The molecule has 2 aliphatic heterocycles. The van der Waals surface area contributed by atoms with Crippen molar-refractivity contribution in [2.75, 3.05) is 18.5 Å². The summed E-state index contributed by atoms with van der Waals surface area (Å²) in [6.07, 6.45) is 8.18. The minimum Gasteiger partial charge on any atom is -0.373 e. The second-order valence-electron chi connectivity index (χ2n) is 10.7. The summed E-state index contributed by atoms with van der Waals surface area (Å²) in [5.41, 5.74) is 4.19. The summed E-state index contributed by atoms with van der Waals surface area (Å²) in [5, 5.41) is 2.80. The molecule has 8 nitrogen and oxygen atoms in total. The van der Waals surface area contributed by atoms with Gasteiger partial charge in [-0.25, -0.2) is 14.2 Å². The van der Waals surface area contributed by atoms with Crippen molar-refractivity contribution in [1.82, 2.24) is 19.8 Å². The summed E-state index contributed by atoms with van der Waals surface area (Å²) < 4.78 is 21.0. The number of benzene rings is 2. The van der Waals surface area contributed by atoms with Crippen LogP contribution >= 0.6 is 11.6 Å². The first-order valence-electron chi connectivity index (χ1n) is 13.8. The number of hydrogen-bond donors (Lipinski definition) is 1. The maximum atomic E-state index is 13.4. The number of aromatic nitrogens is 2. The van der Waals surface area contributed by atoms with Gasteiger partial charge in [-0.2, -0.15) is 0 Å². The molecular formula is C30H35ClFN5O3. The Balaban J connectivity index is 0.000000176. The van der Waals surface area contributed by atoms with E-state index in [-0.39, 0.29) is 24.4 Å². The highest BCUT2D eigenvalue weighted by Crippen LogP contribution is 2.30. The summed E-state index contributed by atoms with van der Waals surface area (Å²) in [4.78, 5) is 31.7. The lowest BCUT2D eigenvalue weighted by molar-refractivity contribution is -0.120. The molecule has 2 fully saturated rings. The molecule has 6 rings (SSSR count). The maximum Gasteiger partial charge on any atom is 0.329 e. The first kappa shape index (κ1) is 28.3. The number of halogens is 2. The monoisotopic (exact) mass is 567 g/mol. The highest BCUT2D eigenvalue weighted by Gasteiger charge is 2.27. The molecule has 1 aromatic heterocycles. The average molecular weight is 568 g/mol. The summed E-state index contributed by atoms with van der Waals surface area (Å²) >= 11 is 5.93. The second kappa shape index (κ2) is 12.5. The van der Waals surface area contributed by atoms with Gasteiger partial charge in [0.25, 0.3) is 0 Å². The summed E-state index contributed by atoms with van der Waals surface area (Å²) in [6.45, 7) is 2.58. The van der Waals surface area contributed by atoms with E-state index in [1.165, 1.54) is 36.5 Å². The molecule has 3 heterocycles. The van der Waals surface area contributed by atoms with Crippen molar-refractivity contribution in [3.05, 3.63) is 70.1 Å². The number of nitrogens with zero attached hydrogens (tertiary/aromatic N) is 4. The van der Waals surface area contributed by atoms with E-state index in [1.807, 2.05) is 11.6 Å². The SMILES string of the molecule is CN1Cc2ccc(-c3ncc(N4CCC(=O)NC4=O)n3C)cc2C1.Fc1cccc(Cl)c1COC1CCCCC1. The minimum absolute atomic E-state index is 0.235. The van der Waals surface area contributed by atoms with Crippen LogP contribution < -0.4 is 10.2 Å². The molecule has 1 N–H and O–H groups in total. The molecule has 3 aliphatic rings. The van der Waals surface area contributed by atoms with Crippen LogP contribution in [0.2, 0.25) is 5.02 Å². The number of rotatable bonds is 5. The lowest BCUT2D eigenvalue weighted by atomic mass is 9.98. The standard InChI is InChI=1S/C17H19N5O2.C13H16ClFO/c1-20-9-12-4-3-11(7-13(12)10-20)16-18-8-15(21(16)2)22-6-5-14(23)19-17(22)24;14-12-7-4-8-13(15)11(12)9-16-10-5-2-1-3-6-10/h3-4,7-8H,5-6,9-10H2,1-2H3,(H,19,23,24);4,7-8,10H,1-3,5-6,9H2. The fourth-order valence-corrected chi connectivity index (χ4v) is 5.73. The highest BCUT2D eigenvalue weighted by molar-refractivity contribution is 6.31. The third kappa shape index (κ3) is 6.37. The predicted molar refractivity (Wildman–Crippen MR) is 152 cm³/mol. The summed E-state index contributed by atoms with van der Waals surface area (Å²) in [5.74, 6) is 0.990. The molecule has 2 aromatic carbocycles. The third-order valence-corrected chi connectivity index (χ3v) is 8.07. The van der Waals surface area contributed by atoms with E-state index in [0.29, 0.717) is 29.4 Å². The molecule has 40 heavy (non-hydrogen) atoms. The number of amides is 3. The number of carbonyl (C=O) groups excluding carboxylic acids is 2. The number of urea groups is 1. The average Bonchev–Trinajstić information content (AvgIpc) is 3.50. The molecule has 0 bridgehead atoms. The Kier molecular flexibility index (Phi) is 8.83. The first-order chi connectivity index (χ1) is 19.3. The van der Waals surface area contributed by atoms with Crippen molar-refractivity contribution in [2.24, 2.45) is 7.05 Å². The molecule has 0 radical (unpaired) electrons. The Labute approximate surface area is 239 Å². The van der Waals surface area contributed by atoms with Crippen molar-refractivity contribution in [3.8, 4) is 11.4 Å². The van der Waals surface area contributed by atoms with Gasteiger partial charge >= 0.3 is 6.03 Å². The van der Waals surface area contributed by atoms with E-state index in [9.17, 15) is 14.0 Å². The quantitative estimate of drug-likeness (QED) is 0.421. The smallest absolute Gasteiger partial charge is 0.329 e. The number of hydrogen-bond acceptors (Lipinski definition) is 5. The number of carbonyl (C=O) groups is 2. The molecule has 1 saturated carbocycles. The fraction of sp³-hybridized carbons (Fsp3) is 0.433. The van der Waals surface area contributed by atoms with Gasteiger partial charge in [-0.3, -0.25) is 19.9 Å². The van der Waals surface area contributed by atoms with Crippen LogP contribution in [0.15, 0.2) is 42.6 Å². The van der Waals surface area contributed by atoms with Crippen LogP contribution in [-0.4, -0.2) is 46.1 Å². The van der Waals surface area contributed by atoms with Crippen LogP contribution in [0.3, 0.4) is 0 Å². The Bertz CT molecular complexity index is 1370. The topological polar surface area (TPSA) is 79.7 Å². The molecule has 10 heteroatoms. The highest BCUT2D eigenvalue weighted by atomic mass is 35.5. The Morgan fingerprint density at radius 2 is 1.85 bits per heavy atom. The number of imide groups is 1. The van der Waals surface area contributed by atoms with Crippen LogP contribution in [0, 0.1) is 5.82 Å². The number of anilines is 1. The molecule has 0 atom stereocenters. The minimum atomic E-state index is -0.392. The Morgan fingerprint density at radius 3 is 2.60 bits per heavy atom. The molecule has 3 aromatic rings. The van der Waals surface area contributed by atoms with Gasteiger partial charge in [-0.05, 0) is 49.2 Å². The van der Waals surface area contributed by atoms with Gasteiger partial charge in [0.05, 0.1) is 18.9 Å². The Hall–Kier alpha value is -3.27. The zero-order valence-electron chi connectivity index (χ0n) is 23.0. The number of fused-ring (bicyclic) bond motifs is 1. The molecular weight excluding hydrogens is 533 g/mol. The van der Waals surface area contributed by atoms with Gasteiger partial charge < -0.3 is 9.30 Å². The third-order valence-electron chi connectivity index (χ3n) is 7.72. The molecule has 212 valence electrons. The van der Waals surface area contributed by atoms with E-state index in [1.54, 1.807) is 23.2 Å². The van der Waals surface area contributed by atoms with Crippen molar-refractivity contribution in [2.45, 2.75) is 64.3 Å². The lowest BCUT2D eigenvalue weighted by Crippen LogP contribution is -2.50. The van der Waals surface area contributed by atoms with E-state index < -0.39 is 6.03 Å². The van der Waals surface area contributed by atoms with Crippen molar-refractivity contribution in [3.63, 3.8) is 0 Å². The summed E-state index contributed by atoms with van der Waals surface area (Å²) in [7, 11) is 4.00. The van der Waals surface area contributed by atoms with Crippen LogP contribution in [0.4, 0.5) is 15.0 Å². The van der Waals surface area contributed by atoms with Crippen molar-refractivity contribution >= 4 is 29.4 Å². The van der Waals surface area contributed by atoms with E-state index in [0.717, 1.165) is 37.3 Å².